The lowest BCUT2D eigenvalue weighted by Gasteiger charge is -2.47. The number of unbranched alkanes of at least 4 members (excludes halogenated alkanes) is 2. The van der Waals surface area contributed by atoms with Crippen molar-refractivity contribution < 1.29 is 14.3 Å². The molecule has 1 aliphatic heterocycles. The molecule has 1 heterocycles. The van der Waals surface area contributed by atoms with E-state index in [1.807, 2.05) is 29.2 Å². The van der Waals surface area contributed by atoms with Gasteiger partial charge in [0.25, 0.3) is 0 Å². The Balaban J connectivity index is 2.07. The van der Waals surface area contributed by atoms with Crippen LogP contribution in [0.25, 0.3) is 0 Å². The average Bonchev–Trinajstić information content (AvgIpc) is 2.58. The summed E-state index contributed by atoms with van der Waals surface area (Å²) in [6, 6.07) is 7.87. The molecule has 1 atom stereocenters. The Morgan fingerprint density at radius 1 is 1.33 bits per heavy atom. The number of nitrogens with one attached hydrogen (secondary N) is 1. The fraction of sp³-hybridized carbons (Fsp3) is 0.632. The Hall–Kier alpha value is -1.75. The monoisotopic (exact) mass is 334 g/mol. The molecule has 24 heavy (non-hydrogen) atoms. The van der Waals surface area contributed by atoms with E-state index < -0.39 is 5.54 Å². The third-order valence-electron chi connectivity index (χ3n) is 4.66. The lowest BCUT2D eigenvalue weighted by Crippen LogP contribution is -2.59. The Bertz CT molecular complexity index is 528. The maximum absolute atomic E-state index is 12.6. The molecule has 1 unspecified atom stereocenters. The minimum absolute atomic E-state index is 0.00193. The average molecular weight is 334 g/mol. The third-order valence-corrected chi connectivity index (χ3v) is 4.66. The summed E-state index contributed by atoms with van der Waals surface area (Å²) in [5, 5.41) is 3.04. The zero-order valence-electron chi connectivity index (χ0n) is 15.3. The van der Waals surface area contributed by atoms with Crippen molar-refractivity contribution in [2.75, 3.05) is 26.8 Å². The van der Waals surface area contributed by atoms with Crippen LogP contribution in [0.4, 0.5) is 4.79 Å². The number of nitrogens with zero attached hydrogens (tertiary/aromatic N) is 1. The smallest absolute Gasteiger partial charge is 0.318 e. The summed E-state index contributed by atoms with van der Waals surface area (Å²) in [6.07, 6.45) is 3.16. The van der Waals surface area contributed by atoms with E-state index in [0.29, 0.717) is 13.2 Å². The number of urea groups is 1. The van der Waals surface area contributed by atoms with Gasteiger partial charge in [-0.15, -0.1) is 0 Å². The van der Waals surface area contributed by atoms with Crippen molar-refractivity contribution in [3.05, 3.63) is 29.8 Å². The van der Waals surface area contributed by atoms with Crippen LogP contribution in [0.3, 0.4) is 0 Å². The molecule has 0 spiro atoms. The molecule has 1 saturated heterocycles. The predicted molar refractivity (Wildman–Crippen MR) is 95.4 cm³/mol. The number of rotatable bonds is 6. The van der Waals surface area contributed by atoms with Gasteiger partial charge in [-0.2, -0.15) is 0 Å². The normalized spacial score (nSPS) is 19.8. The van der Waals surface area contributed by atoms with E-state index in [0.717, 1.165) is 37.1 Å². The standard InChI is InChI=1S/C19H30N2O3/c1-5-6-7-12-20-18(22)21-13-14-24-17(19(21,2)3)15-8-10-16(23-4)11-9-15/h8-11,17H,5-7,12-14H2,1-4H3,(H,20,22). The van der Waals surface area contributed by atoms with Crippen molar-refractivity contribution in [2.45, 2.75) is 51.7 Å². The molecule has 0 bridgehead atoms. The van der Waals surface area contributed by atoms with Crippen LogP contribution in [0.2, 0.25) is 0 Å². The van der Waals surface area contributed by atoms with Gasteiger partial charge in [-0.05, 0) is 38.0 Å². The van der Waals surface area contributed by atoms with Gasteiger partial charge in [0.1, 0.15) is 11.9 Å². The van der Waals surface area contributed by atoms with Crippen LogP contribution in [-0.2, 0) is 4.74 Å². The molecule has 1 N–H and O–H groups in total. The van der Waals surface area contributed by atoms with Gasteiger partial charge in [0.05, 0.1) is 19.3 Å². The topological polar surface area (TPSA) is 50.8 Å². The van der Waals surface area contributed by atoms with Crippen LogP contribution >= 0.6 is 0 Å². The van der Waals surface area contributed by atoms with Gasteiger partial charge in [-0.25, -0.2) is 4.79 Å². The van der Waals surface area contributed by atoms with E-state index in [1.54, 1.807) is 7.11 Å². The fourth-order valence-electron chi connectivity index (χ4n) is 3.21. The Labute approximate surface area is 145 Å². The molecular formula is C19H30N2O3. The highest BCUT2D eigenvalue weighted by Crippen LogP contribution is 2.37. The summed E-state index contributed by atoms with van der Waals surface area (Å²) in [4.78, 5) is 14.5. The molecule has 2 amide bonds. The molecular weight excluding hydrogens is 304 g/mol. The highest BCUT2D eigenvalue weighted by Gasteiger charge is 2.42. The molecule has 0 aliphatic carbocycles. The largest absolute Gasteiger partial charge is 0.497 e. The molecule has 5 heteroatoms. The zero-order valence-corrected chi connectivity index (χ0v) is 15.3. The van der Waals surface area contributed by atoms with Crippen molar-refractivity contribution >= 4 is 6.03 Å². The van der Waals surface area contributed by atoms with Crippen LogP contribution in [0.5, 0.6) is 5.75 Å². The third kappa shape index (κ3) is 4.20. The summed E-state index contributed by atoms with van der Waals surface area (Å²) in [6.45, 7) is 8.17. The van der Waals surface area contributed by atoms with Gasteiger partial charge in [-0.1, -0.05) is 31.9 Å². The Morgan fingerprint density at radius 2 is 2.04 bits per heavy atom. The Kier molecular flexibility index (Phi) is 6.49. The number of hydrogen-bond donors (Lipinski definition) is 1. The molecule has 5 nitrogen and oxygen atoms in total. The van der Waals surface area contributed by atoms with Crippen molar-refractivity contribution in [1.82, 2.24) is 10.2 Å². The van der Waals surface area contributed by atoms with Crippen molar-refractivity contribution in [3.63, 3.8) is 0 Å². The van der Waals surface area contributed by atoms with Crippen LogP contribution in [0.15, 0.2) is 24.3 Å². The molecule has 0 aromatic heterocycles. The summed E-state index contributed by atoms with van der Waals surface area (Å²) < 4.78 is 11.2. The van der Waals surface area contributed by atoms with Crippen molar-refractivity contribution in [2.24, 2.45) is 0 Å². The zero-order chi connectivity index (χ0) is 17.6. The van der Waals surface area contributed by atoms with Gasteiger partial charge >= 0.3 is 6.03 Å². The molecule has 134 valence electrons. The minimum Gasteiger partial charge on any atom is -0.497 e. The number of morpholine rings is 1. The van der Waals surface area contributed by atoms with Gasteiger partial charge < -0.3 is 19.7 Å². The predicted octanol–water partition coefficient (Wildman–Crippen LogP) is 3.75. The van der Waals surface area contributed by atoms with Crippen molar-refractivity contribution in [3.8, 4) is 5.75 Å². The second-order valence-corrected chi connectivity index (χ2v) is 6.77. The SMILES string of the molecule is CCCCCNC(=O)N1CCOC(c2ccc(OC)cc2)C1(C)C. The Morgan fingerprint density at radius 3 is 2.67 bits per heavy atom. The number of benzene rings is 1. The van der Waals surface area contributed by atoms with E-state index in [1.165, 1.54) is 0 Å². The van der Waals surface area contributed by atoms with Crippen LogP contribution in [0.1, 0.15) is 51.7 Å². The molecule has 2 rings (SSSR count). The van der Waals surface area contributed by atoms with Crippen LogP contribution in [-0.4, -0.2) is 43.3 Å². The molecule has 0 saturated carbocycles. The molecule has 1 aromatic rings. The fourth-order valence-corrected chi connectivity index (χ4v) is 3.21. The maximum Gasteiger partial charge on any atom is 0.318 e. The van der Waals surface area contributed by atoms with E-state index in [9.17, 15) is 4.79 Å². The summed E-state index contributed by atoms with van der Waals surface area (Å²) in [5.41, 5.74) is 0.645. The van der Waals surface area contributed by atoms with E-state index in [-0.39, 0.29) is 12.1 Å². The molecule has 1 aliphatic rings. The summed E-state index contributed by atoms with van der Waals surface area (Å²) >= 11 is 0. The van der Waals surface area contributed by atoms with Gasteiger partial charge in [0, 0.05) is 13.1 Å². The first kappa shape index (κ1) is 18.6. The van der Waals surface area contributed by atoms with Crippen molar-refractivity contribution in [1.29, 1.82) is 0 Å². The minimum atomic E-state index is -0.415. The number of amides is 2. The summed E-state index contributed by atoms with van der Waals surface area (Å²) in [7, 11) is 1.65. The quantitative estimate of drug-likeness (QED) is 0.806. The van der Waals surface area contributed by atoms with Gasteiger partial charge in [0.2, 0.25) is 0 Å². The van der Waals surface area contributed by atoms with E-state index >= 15 is 0 Å². The molecule has 1 fully saturated rings. The number of hydrogen-bond acceptors (Lipinski definition) is 3. The highest BCUT2D eigenvalue weighted by molar-refractivity contribution is 5.75. The lowest BCUT2D eigenvalue weighted by atomic mass is 9.88. The van der Waals surface area contributed by atoms with Gasteiger partial charge in [0.15, 0.2) is 0 Å². The first-order chi connectivity index (χ1) is 11.5. The van der Waals surface area contributed by atoms with Crippen LogP contribution in [0, 0.1) is 0 Å². The molecule has 0 radical (unpaired) electrons. The second kappa shape index (κ2) is 8.38. The molecule has 1 aromatic carbocycles. The van der Waals surface area contributed by atoms with Gasteiger partial charge in [-0.3, -0.25) is 0 Å². The number of methoxy groups -OCH3 is 1. The van der Waals surface area contributed by atoms with Crippen LogP contribution < -0.4 is 10.1 Å². The summed E-state index contributed by atoms with van der Waals surface area (Å²) in [5.74, 6) is 0.817. The van der Waals surface area contributed by atoms with E-state index in [4.69, 9.17) is 9.47 Å². The maximum atomic E-state index is 12.6. The second-order valence-electron chi connectivity index (χ2n) is 6.77. The highest BCUT2D eigenvalue weighted by atomic mass is 16.5. The lowest BCUT2D eigenvalue weighted by molar-refractivity contribution is -0.0951. The number of ether oxygens (including phenoxy) is 2. The van der Waals surface area contributed by atoms with E-state index in [2.05, 4.69) is 26.1 Å². The number of carbonyl (C=O) groups excluding carboxylic acids is 1. The first-order valence-electron chi connectivity index (χ1n) is 8.81. The number of carbonyl (C=O) groups is 1. The first-order valence-corrected chi connectivity index (χ1v) is 8.81.